The highest BCUT2D eigenvalue weighted by Gasteiger charge is 2.21. The molecule has 0 aliphatic carbocycles. The number of thiophene rings is 1. The zero-order chi connectivity index (χ0) is 15.4. The minimum absolute atomic E-state index is 0.226. The van der Waals surface area contributed by atoms with Gasteiger partial charge in [0.05, 0.1) is 23.1 Å². The van der Waals surface area contributed by atoms with E-state index in [-0.39, 0.29) is 12.1 Å². The Kier molecular flexibility index (Phi) is 5.07. The van der Waals surface area contributed by atoms with Gasteiger partial charge in [0, 0.05) is 17.0 Å². The maximum Gasteiger partial charge on any atom is 0.148 e. The first kappa shape index (κ1) is 15.6. The normalized spacial score (nSPS) is 13.3. The monoisotopic (exact) mass is 322 g/mol. The Labute approximate surface area is 132 Å². The van der Waals surface area contributed by atoms with Gasteiger partial charge in [-0.15, -0.1) is 11.3 Å². The molecule has 2 atom stereocenters. The topological polar surface area (TPSA) is 68.3 Å². The van der Waals surface area contributed by atoms with E-state index in [4.69, 9.17) is 32.1 Å². The molecular weight excluding hydrogens is 308 g/mol. The number of nitriles is 1. The highest BCUT2D eigenvalue weighted by atomic mass is 35.5. The van der Waals surface area contributed by atoms with Gasteiger partial charge in [-0.2, -0.15) is 5.26 Å². The first-order chi connectivity index (χ1) is 10.0. The van der Waals surface area contributed by atoms with Crippen LogP contribution in [0.3, 0.4) is 0 Å². The predicted molar refractivity (Wildman–Crippen MR) is 84.1 cm³/mol. The van der Waals surface area contributed by atoms with Crippen LogP contribution in [0.25, 0.3) is 0 Å². The maximum atomic E-state index is 9.04. The molecule has 0 aliphatic rings. The van der Waals surface area contributed by atoms with E-state index in [1.54, 1.807) is 25.3 Å². The van der Waals surface area contributed by atoms with Crippen molar-refractivity contribution in [2.24, 2.45) is 5.73 Å². The van der Waals surface area contributed by atoms with Crippen LogP contribution in [0.1, 0.15) is 23.5 Å². The van der Waals surface area contributed by atoms with Gasteiger partial charge in [-0.25, -0.2) is 0 Å². The molecule has 2 rings (SSSR count). The van der Waals surface area contributed by atoms with Gasteiger partial charge in [0.25, 0.3) is 0 Å². The van der Waals surface area contributed by atoms with Gasteiger partial charge in [0.2, 0.25) is 0 Å². The lowest BCUT2D eigenvalue weighted by molar-refractivity contribution is 0.183. The van der Waals surface area contributed by atoms with E-state index in [1.807, 2.05) is 19.1 Å². The molecule has 4 nitrogen and oxygen atoms in total. The first-order valence-corrected chi connectivity index (χ1v) is 7.49. The van der Waals surface area contributed by atoms with E-state index in [0.29, 0.717) is 21.4 Å². The van der Waals surface area contributed by atoms with Crippen LogP contribution < -0.4 is 15.2 Å². The average Bonchev–Trinajstić information content (AvgIpc) is 2.90. The Bertz CT molecular complexity index is 664. The Morgan fingerprint density at radius 3 is 2.52 bits per heavy atom. The molecule has 110 valence electrons. The zero-order valence-corrected chi connectivity index (χ0v) is 13.2. The van der Waals surface area contributed by atoms with Crippen molar-refractivity contribution in [2.75, 3.05) is 7.11 Å². The van der Waals surface area contributed by atoms with Crippen molar-refractivity contribution in [3.05, 3.63) is 45.1 Å². The molecule has 2 N–H and O–H groups in total. The molecule has 0 amide bonds. The Hall–Kier alpha value is -1.74. The molecule has 2 unspecified atom stereocenters. The van der Waals surface area contributed by atoms with Gasteiger partial charge in [0.15, 0.2) is 0 Å². The summed E-state index contributed by atoms with van der Waals surface area (Å²) >= 11 is 7.39. The van der Waals surface area contributed by atoms with E-state index in [2.05, 4.69) is 6.07 Å². The molecule has 0 aliphatic heterocycles. The second kappa shape index (κ2) is 6.81. The Morgan fingerprint density at radius 1 is 1.29 bits per heavy atom. The molecule has 2 aromatic rings. The van der Waals surface area contributed by atoms with Crippen LogP contribution in [0.4, 0.5) is 0 Å². The number of nitrogens with zero attached hydrogens (tertiary/aromatic N) is 1. The average molecular weight is 323 g/mol. The second-order valence-electron chi connectivity index (χ2n) is 4.55. The van der Waals surface area contributed by atoms with Crippen LogP contribution in [-0.2, 0) is 0 Å². The number of ether oxygens (including phenoxy) is 2. The summed E-state index contributed by atoms with van der Waals surface area (Å²) in [4.78, 5) is 0.941. The van der Waals surface area contributed by atoms with Gasteiger partial charge in [-0.05, 0) is 31.2 Å². The molecule has 0 fully saturated rings. The largest absolute Gasteiger partial charge is 0.497 e. The quantitative estimate of drug-likeness (QED) is 0.910. The van der Waals surface area contributed by atoms with Gasteiger partial charge in [-0.3, -0.25) is 0 Å². The third-order valence-electron chi connectivity index (χ3n) is 2.86. The van der Waals surface area contributed by atoms with Crippen LogP contribution in [0.5, 0.6) is 11.5 Å². The van der Waals surface area contributed by atoms with Crippen molar-refractivity contribution in [3.8, 4) is 17.6 Å². The third kappa shape index (κ3) is 3.88. The molecule has 6 heteroatoms. The number of hydrogen-bond acceptors (Lipinski definition) is 5. The summed E-state index contributed by atoms with van der Waals surface area (Å²) in [6.45, 7) is 1.86. The molecule has 21 heavy (non-hydrogen) atoms. The summed E-state index contributed by atoms with van der Waals surface area (Å²) in [6, 6.07) is 10.6. The van der Waals surface area contributed by atoms with E-state index >= 15 is 0 Å². The summed E-state index contributed by atoms with van der Waals surface area (Å²) in [5, 5.41) is 9.04. The van der Waals surface area contributed by atoms with Crippen molar-refractivity contribution in [3.63, 3.8) is 0 Å². The molecule has 0 spiro atoms. The van der Waals surface area contributed by atoms with Gasteiger partial charge in [-0.1, -0.05) is 11.6 Å². The maximum absolute atomic E-state index is 9.04. The first-order valence-electron chi connectivity index (χ1n) is 6.30. The molecule has 1 aromatic carbocycles. The fraction of sp³-hybridized carbons (Fsp3) is 0.267. The van der Waals surface area contributed by atoms with E-state index in [0.717, 1.165) is 4.88 Å². The highest BCUT2D eigenvalue weighted by molar-refractivity contribution is 7.16. The summed E-state index contributed by atoms with van der Waals surface area (Å²) in [5.74, 6) is 1.11. The number of hydrogen-bond donors (Lipinski definition) is 1. The van der Waals surface area contributed by atoms with Crippen molar-refractivity contribution < 1.29 is 9.47 Å². The SMILES string of the molecule is COc1cc(C#N)cc(OC(c2ccc(Cl)s2)C(C)N)c1. The van der Waals surface area contributed by atoms with Crippen molar-refractivity contribution in [2.45, 2.75) is 19.1 Å². The number of halogens is 1. The van der Waals surface area contributed by atoms with E-state index < -0.39 is 0 Å². The smallest absolute Gasteiger partial charge is 0.148 e. The lowest BCUT2D eigenvalue weighted by Gasteiger charge is -2.21. The van der Waals surface area contributed by atoms with E-state index in [9.17, 15) is 0 Å². The third-order valence-corrected chi connectivity index (χ3v) is 4.15. The standard InChI is InChI=1S/C15H15ClN2O2S/c1-9(18)15(13-3-4-14(16)21-13)20-12-6-10(8-17)5-11(7-12)19-2/h3-7,9,15H,18H2,1-2H3. The highest BCUT2D eigenvalue weighted by Crippen LogP contribution is 2.33. The van der Waals surface area contributed by atoms with Gasteiger partial charge >= 0.3 is 0 Å². The molecule has 0 saturated heterocycles. The van der Waals surface area contributed by atoms with E-state index in [1.165, 1.54) is 11.3 Å². The fourth-order valence-corrected chi connectivity index (χ4v) is 3.08. The van der Waals surface area contributed by atoms with Crippen molar-refractivity contribution in [1.82, 2.24) is 0 Å². The summed E-state index contributed by atoms with van der Waals surface area (Å²) in [7, 11) is 1.54. The second-order valence-corrected chi connectivity index (χ2v) is 6.30. The lowest BCUT2D eigenvalue weighted by Crippen LogP contribution is -2.28. The number of methoxy groups -OCH3 is 1. The lowest BCUT2D eigenvalue weighted by atomic mass is 10.1. The minimum atomic E-state index is -0.332. The summed E-state index contributed by atoms with van der Waals surface area (Å²) in [6.07, 6.45) is -0.332. The molecule has 0 radical (unpaired) electrons. The zero-order valence-electron chi connectivity index (χ0n) is 11.7. The van der Waals surface area contributed by atoms with Crippen LogP contribution >= 0.6 is 22.9 Å². The van der Waals surface area contributed by atoms with Gasteiger partial charge < -0.3 is 15.2 Å². The predicted octanol–water partition coefficient (Wildman–Crippen LogP) is 3.75. The summed E-state index contributed by atoms with van der Waals surface area (Å²) in [5.41, 5.74) is 6.48. The van der Waals surface area contributed by atoms with Crippen molar-refractivity contribution >= 4 is 22.9 Å². The molecule has 0 saturated carbocycles. The van der Waals surface area contributed by atoms with Crippen molar-refractivity contribution in [1.29, 1.82) is 5.26 Å². The number of nitrogens with two attached hydrogens (primary N) is 1. The summed E-state index contributed by atoms with van der Waals surface area (Å²) < 4.78 is 11.8. The van der Waals surface area contributed by atoms with Crippen LogP contribution in [-0.4, -0.2) is 13.2 Å². The number of benzene rings is 1. The van der Waals surface area contributed by atoms with Crippen LogP contribution in [0, 0.1) is 11.3 Å². The van der Waals surface area contributed by atoms with Crippen LogP contribution in [0.15, 0.2) is 30.3 Å². The molecular formula is C15H15ClN2O2S. The fourth-order valence-electron chi connectivity index (χ4n) is 1.87. The Balaban J connectivity index is 2.31. The Morgan fingerprint density at radius 2 is 2.00 bits per heavy atom. The number of rotatable bonds is 5. The van der Waals surface area contributed by atoms with Gasteiger partial charge in [0.1, 0.15) is 17.6 Å². The molecule has 0 bridgehead atoms. The minimum Gasteiger partial charge on any atom is -0.497 e. The van der Waals surface area contributed by atoms with Crippen LogP contribution in [0.2, 0.25) is 4.34 Å². The molecule has 1 heterocycles. The molecule has 1 aromatic heterocycles.